The van der Waals surface area contributed by atoms with Gasteiger partial charge >= 0.3 is 0 Å². The number of hydrogen-bond acceptors (Lipinski definition) is 3. The first-order chi connectivity index (χ1) is 8.68. The summed E-state index contributed by atoms with van der Waals surface area (Å²) < 4.78 is -0.278. The van der Waals surface area contributed by atoms with Crippen molar-refractivity contribution in [3.05, 3.63) is 0 Å². The van der Waals surface area contributed by atoms with Crippen LogP contribution in [0.5, 0.6) is 0 Å². The number of amides is 1. The first-order valence-electron chi connectivity index (χ1n) is 7.27. The van der Waals surface area contributed by atoms with Crippen LogP contribution in [0.2, 0.25) is 0 Å². The molecule has 3 rings (SSSR count). The maximum Gasteiger partial charge on any atom is 0.264 e. The number of carbonyl (C=O) groups is 1. The molecule has 2 fully saturated rings. The van der Waals surface area contributed by atoms with Gasteiger partial charge < -0.3 is 5.32 Å². The van der Waals surface area contributed by atoms with E-state index in [2.05, 4.69) is 24.2 Å². The number of carbonyl (C=O) groups excluding carboxylic acids is 1. The number of nitrogens with zero attached hydrogens (tertiary/aromatic N) is 1. The molecule has 1 N–H and O–H groups in total. The second kappa shape index (κ2) is 4.55. The molecule has 3 nitrogen and oxygen atoms in total. The van der Waals surface area contributed by atoms with Crippen LogP contribution < -0.4 is 5.32 Å². The maximum atomic E-state index is 12.1. The van der Waals surface area contributed by atoms with Crippen molar-refractivity contribution in [3.8, 4) is 0 Å². The third kappa shape index (κ3) is 1.80. The summed E-state index contributed by atoms with van der Waals surface area (Å²) in [5, 5.41) is 4.48. The highest BCUT2D eigenvalue weighted by atomic mass is 32.2. The predicted octanol–water partition coefficient (Wildman–Crippen LogP) is 2.95. The van der Waals surface area contributed by atoms with E-state index in [0.29, 0.717) is 6.04 Å². The van der Waals surface area contributed by atoms with Crippen LogP contribution in [-0.4, -0.2) is 21.9 Å². The van der Waals surface area contributed by atoms with E-state index in [0.717, 1.165) is 29.8 Å². The SMILES string of the molecule is CCC1(CC)SC(NC2C3CCC2CC3)=NC1=O. The lowest BCUT2D eigenvalue weighted by Gasteiger charge is -2.23. The van der Waals surface area contributed by atoms with Crippen molar-refractivity contribution in [1.82, 2.24) is 5.32 Å². The topological polar surface area (TPSA) is 41.5 Å². The van der Waals surface area contributed by atoms with E-state index in [4.69, 9.17) is 0 Å². The number of rotatable bonds is 3. The smallest absolute Gasteiger partial charge is 0.264 e. The lowest BCUT2D eigenvalue weighted by molar-refractivity contribution is -0.119. The summed E-state index contributed by atoms with van der Waals surface area (Å²) in [4.78, 5) is 16.3. The van der Waals surface area contributed by atoms with E-state index >= 15 is 0 Å². The van der Waals surface area contributed by atoms with Gasteiger partial charge in [0.1, 0.15) is 4.75 Å². The maximum absolute atomic E-state index is 12.1. The van der Waals surface area contributed by atoms with Crippen molar-refractivity contribution in [3.63, 3.8) is 0 Å². The largest absolute Gasteiger partial charge is 0.361 e. The minimum atomic E-state index is -0.278. The second-order valence-electron chi connectivity index (χ2n) is 5.87. The van der Waals surface area contributed by atoms with Gasteiger partial charge in [-0.1, -0.05) is 25.6 Å². The van der Waals surface area contributed by atoms with Crippen LogP contribution in [0.3, 0.4) is 0 Å². The van der Waals surface area contributed by atoms with E-state index in [1.807, 2.05) is 0 Å². The monoisotopic (exact) mass is 266 g/mol. The Balaban J connectivity index is 1.69. The predicted molar refractivity (Wildman–Crippen MR) is 75.7 cm³/mol. The molecule has 1 amide bonds. The number of aliphatic imine (C=N–C) groups is 1. The van der Waals surface area contributed by atoms with E-state index < -0.39 is 0 Å². The minimum absolute atomic E-state index is 0.0744. The molecule has 2 bridgehead atoms. The Morgan fingerprint density at radius 1 is 1.22 bits per heavy atom. The zero-order valence-corrected chi connectivity index (χ0v) is 12.1. The molecule has 0 spiro atoms. The van der Waals surface area contributed by atoms with Crippen molar-refractivity contribution in [2.75, 3.05) is 0 Å². The molecule has 2 aliphatic carbocycles. The first kappa shape index (κ1) is 12.5. The third-order valence-corrected chi connectivity index (χ3v) is 6.69. The molecule has 4 heteroatoms. The van der Waals surface area contributed by atoms with E-state index in [-0.39, 0.29) is 10.7 Å². The van der Waals surface area contributed by atoms with E-state index in [1.54, 1.807) is 11.8 Å². The van der Waals surface area contributed by atoms with Gasteiger partial charge in [0.05, 0.1) is 0 Å². The Bertz CT molecular complexity index is 369. The molecule has 2 saturated carbocycles. The Labute approximate surface area is 113 Å². The van der Waals surface area contributed by atoms with Crippen LogP contribution in [-0.2, 0) is 4.79 Å². The van der Waals surface area contributed by atoms with Crippen molar-refractivity contribution in [2.45, 2.75) is 63.2 Å². The fourth-order valence-electron chi connectivity index (χ4n) is 3.83. The molecule has 1 aliphatic heterocycles. The van der Waals surface area contributed by atoms with Gasteiger partial charge in [0.25, 0.3) is 5.91 Å². The molecule has 18 heavy (non-hydrogen) atoms. The number of thioether (sulfide) groups is 1. The lowest BCUT2D eigenvalue weighted by atomic mass is 10.0. The highest BCUT2D eigenvalue weighted by Gasteiger charge is 2.46. The number of nitrogens with one attached hydrogen (secondary N) is 1. The van der Waals surface area contributed by atoms with Gasteiger partial charge in [0, 0.05) is 6.04 Å². The van der Waals surface area contributed by atoms with Crippen molar-refractivity contribution in [2.24, 2.45) is 16.8 Å². The Morgan fingerprint density at radius 3 is 2.22 bits per heavy atom. The summed E-state index contributed by atoms with van der Waals surface area (Å²) >= 11 is 1.67. The van der Waals surface area contributed by atoms with Gasteiger partial charge in [-0.3, -0.25) is 4.79 Å². The van der Waals surface area contributed by atoms with Crippen LogP contribution in [0.4, 0.5) is 0 Å². The van der Waals surface area contributed by atoms with Gasteiger partial charge in [-0.15, -0.1) is 0 Å². The highest BCUT2D eigenvalue weighted by Crippen LogP contribution is 2.46. The molecule has 100 valence electrons. The van der Waals surface area contributed by atoms with Crippen LogP contribution in [0.1, 0.15) is 52.4 Å². The zero-order valence-electron chi connectivity index (χ0n) is 11.2. The first-order valence-corrected chi connectivity index (χ1v) is 8.09. The minimum Gasteiger partial charge on any atom is -0.361 e. The van der Waals surface area contributed by atoms with Crippen LogP contribution in [0.15, 0.2) is 4.99 Å². The molecule has 1 heterocycles. The third-order valence-electron chi connectivity index (χ3n) is 5.15. The summed E-state index contributed by atoms with van der Waals surface area (Å²) in [5.74, 6) is 1.73. The van der Waals surface area contributed by atoms with Crippen molar-refractivity contribution in [1.29, 1.82) is 0 Å². The van der Waals surface area contributed by atoms with Crippen LogP contribution in [0, 0.1) is 11.8 Å². The Hall–Kier alpha value is -0.510. The molecule has 0 atom stereocenters. The molecule has 0 radical (unpaired) electrons. The van der Waals surface area contributed by atoms with Crippen LogP contribution in [0.25, 0.3) is 0 Å². The molecule has 0 saturated heterocycles. The molecule has 0 aromatic carbocycles. The molecular weight excluding hydrogens is 244 g/mol. The second-order valence-corrected chi connectivity index (χ2v) is 7.24. The van der Waals surface area contributed by atoms with Crippen molar-refractivity contribution >= 4 is 22.8 Å². The van der Waals surface area contributed by atoms with Gasteiger partial charge in [-0.2, -0.15) is 4.99 Å². The number of hydrogen-bond donors (Lipinski definition) is 1. The van der Waals surface area contributed by atoms with Gasteiger partial charge in [0.15, 0.2) is 5.17 Å². The lowest BCUT2D eigenvalue weighted by Crippen LogP contribution is -2.37. The summed E-state index contributed by atoms with van der Waals surface area (Å²) in [6, 6.07) is 0.591. The molecule has 0 aromatic heterocycles. The molecular formula is C14H22N2OS. The highest BCUT2D eigenvalue weighted by molar-refractivity contribution is 8.16. The van der Waals surface area contributed by atoms with Crippen molar-refractivity contribution < 1.29 is 4.79 Å². The van der Waals surface area contributed by atoms with Gasteiger partial charge in [-0.25, -0.2) is 0 Å². The Morgan fingerprint density at radius 2 is 1.78 bits per heavy atom. The quantitative estimate of drug-likeness (QED) is 0.854. The summed E-state index contributed by atoms with van der Waals surface area (Å²) in [6.07, 6.45) is 7.20. The van der Waals surface area contributed by atoms with E-state index in [9.17, 15) is 4.79 Å². The zero-order chi connectivity index (χ0) is 12.8. The molecule has 3 aliphatic rings. The summed E-state index contributed by atoms with van der Waals surface area (Å²) in [7, 11) is 0. The summed E-state index contributed by atoms with van der Waals surface area (Å²) in [5.41, 5.74) is 0. The number of amidine groups is 1. The average Bonchev–Trinajstić information content (AvgIpc) is 3.04. The van der Waals surface area contributed by atoms with Gasteiger partial charge in [0.2, 0.25) is 0 Å². The standard InChI is InChI=1S/C14H22N2OS/c1-3-14(4-2)12(17)16-13(18-14)15-11-9-5-6-10(11)8-7-9/h9-11H,3-8H2,1-2H3,(H,15,16,17). The molecule has 0 aromatic rings. The van der Waals surface area contributed by atoms with Gasteiger partial charge in [-0.05, 0) is 50.4 Å². The normalized spacial score (nSPS) is 37.1. The van der Waals surface area contributed by atoms with E-state index in [1.165, 1.54) is 25.7 Å². The average molecular weight is 266 g/mol. The Kier molecular flexibility index (Phi) is 3.16. The fraction of sp³-hybridized carbons (Fsp3) is 0.857. The van der Waals surface area contributed by atoms with Crippen LogP contribution >= 0.6 is 11.8 Å². The number of fused-ring (bicyclic) bond motifs is 2. The summed E-state index contributed by atoms with van der Waals surface area (Å²) in [6.45, 7) is 4.18. The molecule has 0 unspecified atom stereocenters. The fourth-order valence-corrected chi connectivity index (χ4v) is 4.95.